The molecular formula is C5H11NO2. The predicted octanol–water partition coefficient (Wildman–Crippen LogP) is 0.161. The van der Waals surface area contributed by atoms with Gasteiger partial charge in [0.1, 0.15) is 0 Å². The van der Waals surface area contributed by atoms with Crippen molar-refractivity contribution in [3.8, 4) is 0 Å². The Labute approximate surface area is 48.7 Å². The number of nitrogens with two attached hydrogens (primary N) is 1. The lowest BCUT2D eigenvalue weighted by atomic mass is 10.3. The van der Waals surface area contributed by atoms with Crippen molar-refractivity contribution in [1.82, 2.24) is 0 Å². The van der Waals surface area contributed by atoms with Gasteiger partial charge >= 0.3 is 0 Å². The van der Waals surface area contributed by atoms with Crippen molar-refractivity contribution >= 4 is 0 Å². The van der Waals surface area contributed by atoms with Crippen LogP contribution in [0.5, 0.6) is 0 Å². The first-order valence-corrected chi connectivity index (χ1v) is 2.35. The van der Waals surface area contributed by atoms with Crippen molar-refractivity contribution in [2.45, 2.75) is 20.1 Å². The van der Waals surface area contributed by atoms with Crippen LogP contribution < -0.4 is 5.90 Å². The SMILES string of the molecule is CC(C)=CC(O)ON. The van der Waals surface area contributed by atoms with E-state index in [-0.39, 0.29) is 0 Å². The number of allylic oxidation sites excluding steroid dienone is 1. The summed E-state index contributed by atoms with van der Waals surface area (Å²) in [5.41, 5.74) is 0.975. The summed E-state index contributed by atoms with van der Waals surface area (Å²) in [7, 11) is 0. The summed E-state index contributed by atoms with van der Waals surface area (Å²) in [6, 6.07) is 0. The lowest BCUT2D eigenvalue weighted by Gasteiger charge is -1.99. The second-order valence-electron chi connectivity index (χ2n) is 1.77. The third kappa shape index (κ3) is 3.80. The maximum absolute atomic E-state index is 8.60. The predicted molar refractivity (Wildman–Crippen MR) is 30.7 cm³/mol. The lowest BCUT2D eigenvalue weighted by Crippen LogP contribution is -2.13. The third-order valence-electron chi connectivity index (χ3n) is 0.615. The average molecular weight is 117 g/mol. The topological polar surface area (TPSA) is 55.5 Å². The van der Waals surface area contributed by atoms with E-state index >= 15 is 0 Å². The number of aliphatic hydroxyl groups is 1. The van der Waals surface area contributed by atoms with Gasteiger partial charge in [-0.15, -0.1) is 0 Å². The van der Waals surface area contributed by atoms with Crippen LogP contribution in [0.25, 0.3) is 0 Å². The summed E-state index contributed by atoms with van der Waals surface area (Å²) < 4.78 is 0. The zero-order chi connectivity index (χ0) is 6.57. The Bertz CT molecular complexity index is 86.4. The molecule has 0 fully saturated rings. The summed E-state index contributed by atoms with van der Waals surface area (Å²) in [4.78, 5) is 4.04. The highest BCUT2D eigenvalue weighted by Crippen LogP contribution is 1.91. The molecule has 1 atom stereocenters. The van der Waals surface area contributed by atoms with E-state index < -0.39 is 6.29 Å². The van der Waals surface area contributed by atoms with Crippen LogP contribution in [0.2, 0.25) is 0 Å². The minimum Gasteiger partial charge on any atom is -0.363 e. The van der Waals surface area contributed by atoms with E-state index in [9.17, 15) is 0 Å². The van der Waals surface area contributed by atoms with E-state index in [1.54, 1.807) is 0 Å². The Hall–Kier alpha value is -0.380. The highest BCUT2D eigenvalue weighted by molar-refractivity contribution is 4.94. The quantitative estimate of drug-likeness (QED) is 0.308. The normalized spacial score (nSPS) is 13.0. The van der Waals surface area contributed by atoms with E-state index in [4.69, 9.17) is 5.11 Å². The van der Waals surface area contributed by atoms with Gasteiger partial charge in [-0.05, 0) is 19.9 Å². The van der Waals surface area contributed by atoms with Crippen LogP contribution in [0.15, 0.2) is 11.6 Å². The molecule has 0 spiro atoms. The molecule has 3 N–H and O–H groups in total. The molecule has 0 saturated carbocycles. The van der Waals surface area contributed by atoms with E-state index in [2.05, 4.69) is 10.7 Å². The molecule has 0 radical (unpaired) electrons. The molecule has 1 unspecified atom stereocenters. The average Bonchev–Trinajstić information content (AvgIpc) is 1.65. The lowest BCUT2D eigenvalue weighted by molar-refractivity contribution is -0.0666. The van der Waals surface area contributed by atoms with Gasteiger partial charge in [-0.3, -0.25) is 4.84 Å². The molecular weight excluding hydrogens is 106 g/mol. The van der Waals surface area contributed by atoms with Crippen LogP contribution >= 0.6 is 0 Å². The van der Waals surface area contributed by atoms with Gasteiger partial charge in [0.15, 0.2) is 6.29 Å². The number of hydrogen-bond acceptors (Lipinski definition) is 3. The van der Waals surface area contributed by atoms with E-state index in [0.717, 1.165) is 5.57 Å². The first-order chi connectivity index (χ1) is 3.66. The van der Waals surface area contributed by atoms with Gasteiger partial charge in [-0.25, -0.2) is 5.90 Å². The molecule has 0 aromatic heterocycles. The summed E-state index contributed by atoms with van der Waals surface area (Å²) in [6.07, 6.45) is 0.556. The van der Waals surface area contributed by atoms with Crippen LogP contribution in [-0.2, 0) is 4.84 Å². The molecule has 48 valence electrons. The fourth-order valence-corrected chi connectivity index (χ4v) is 0.324. The van der Waals surface area contributed by atoms with Crippen LogP contribution in [0.1, 0.15) is 13.8 Å². The van der Waals surface area contributed by atoms with Crippen molar-refractivity contribution in [2.24, 2.45) is 5.90 Å². The summed E-state index contributed by atoms with van der Waals surface area (Å²) in [5.74, 6) is 4.63. The zero-order valence-corrected chi connectivity index (χ0v) is 5.09. The van der Waals surface area contributed by atoms with Gasteiger partial charge < -0.3 is 5.11 Å². The van der Waals surface area contributed by atoms with E-state index in [0.29, 0.717) is 0 Å². The molecule has 0 aliphatic heterocycles. The van der Waals surface area contributed by atoms with Crippen LogP contribution in [0, 0.1) is 0 Å². The van der Waals surface area contributed by atoms with Crippen LogP contribution in [-0.4, -0.2) is 11.4 Å². The molecule has 0 saturated heterocycles. The minimum absolute atomic E-state index is 0.958. The second-order valence-corrected chi connectivity index (χ2v) is 1.77. The summed E-state index contributed by atoms with van der Waals surface area (Å²) >= 11 is 0. The Kier molecular flexibility index (Phi) is 3.43. The first kappa shape index (κ1) is 7.62. The van der Waals surface area contributed by atoms with Gasteiger partial charge in [0, 0.05) is 0 Å². The van der Waals surface area contributed by atoms with Gasteiger partial charge in [-0.1, -0.05) is 5.57 Å². The van der Waals surface area contributed by atoms with Crippen molar-refractivity contribution in [1.29, 1.82) is 0 Å². The second kappa shape index (κ2) is 3.60. The molecule has 0 aromatic carbocycles. The number of aliphatic hydroxyl groups excluding tert-OH is 1. The Morgan fingerprint density at radius 1 is 1.75 bits per heavy atom. The molecule has 3 nitrogen and oxygen atoms in total. The fraction of sp³-hybridized carbons (Fsp3) is 0.600. The maximum Gasteiger partial charge on any atom is 0.193 e. The van der Waals surface area contributed by atoms with Gasteiger partial charge in [0.25, 0.3) is 0 Å². The number of rotatable bonds is 2. The molecule has 3 heteroatoms. The standard InChI is InChI=1S/C5H11NO2/c1-4(2)3-5(7)8-6/h3,5,7H,6H2,1-2H3. The molecule has 0 rings (SSSR count). The Morgan fingerprint density at radius 3 is 2.38 bits per heavy atom. The van der Waals surface area contributed by atoms with Crippen molar-refractivity contribution in [3.63, 3.8) is 0 Å². The highest BCUT2D eigenvalue weighted by atomic mass is 16.7. The van der Waals surface area contributed by atoms with Crippen molar-refractivity contribution in [2.75, 3.05) is 0 Å². The van der Waals surface area contributed by atoms with Gasteiger partial charge in [-0.2, -0.15) is 0 Å². The van der Waals surface area contributed by atoms with Crippen LogP contribution in [0.3, 0.4) is 0 Å². The van der Waals surface area contributed by atoms with E-state index in [1.807, 2.05) is 13.8 Å². The molecule has 0 aliphatic rings. The van der Waals surface area contributed by atoms with Crippen LogP contribution in [0.4, 0.5) is 0 Å². The number of hydrogen-bond donors (Lipinski definition) is 2. The van der Waals surface area contributed by atoms with E-state index in [1.165, 1.54) is 6.08 Å². The monoisotopic (exact) mass is 117 g/mol. The van der Waals surface area contributed by atoms with Gasteiger partial charge in [0.05, 0.1) is 0 Å². The smallest absolute Gasteiger partial charge is 0.193 e. The third-order valence-corrected chi connectivity index (χ3v) is 0.615. The molecule has 0 aliphatic carbocycles. The summed E-state index contributed by atoms with van der Waals surface area (Å²) in [5, 5.41) is 8.60. The van der Waals surface area contributed by atoms with Gasteiger partial charge in [0.2, 0.25) is 0 Å². The first-order valence-electron chi connectivity index (χ1n) is 2.35. The largest absolute Gasteiger partial charge is 0.363 e. The Balaban J connectivity index is 3.51. The summed E-state index contributed by atoms with van der Waals surface area (Å²) in [6.45, 7) is 3.70. The molecule has 0 heterocycles. The minimum atomic E-state index is -0.958. The van der Waals surface area contributed by atoms with Crippen molar-refractivity contribution < 1.29 is 9.94 Å². The highest BCUT2D eigenvalue weighted by Gasteiger charge is 1.92. The molecule has 0 bridgehead atoms. The Morgan fingerprint density at radius 2 is 2.25 bits per heavy atom. The van der Waals surface area contributed by atoms with Crippen molar-refractivity contribution in [3.05, 3.63) is 11.6 Å². The maximum atomic E-state index is 8.60. The fourth-order valence-electron chi connectivity index (χ4n) is 0.324. The molecule has 0 aromatic rings. The molecule has 8 heavy (non-hydrogen) atoms. The molecule has 0 amide bonds. The zero-order valence-electron chi connectivity index (χ0n) is 5.09.